The van der Waals surface area contributed by atoms with E-state index >= 15 is 0 Å². The van der Waals surface area contributed by atoms with Crippen LogP contribution in [0.5, 0.6) is 0 Å². The number of carbonyl (C=O) groups is 1. The van der Waals surface area contributed by atoms with Crippen molar-refractivity contribution in [2.24, 2.45) is 0 Å². The number of amides is 1. The van der Waals surface area contributed by atoms with Crippen LogP contribution >= 0.6 is 11.6 Å². The number of halogens is 1. The molecule has 2 rings (SSSR count). The van der Waals surface area contributed by atoms with Gasteiger partial charge in [-0.2, -0.15) is 0 Å². The van der Waals surface area contributed by atoms with Gasteiger partial charge in [0.25, 0.3) is 0 Å². The van der Waals surface area contributed by atoms with E-state index in [-0.39, 0.29) is 5.49 Å². The number of nitrogens with one attached hydrogen (secondary N) is 3. The molecule has 7 nitrogen and oxygen atoms in total. The summed E-state index contributed by atoms with van der Waals surface area (Å²) in [5, 5.41) is 22.8. The summed E-state index contributed by atoms with van der Waals surface area (Å²) in [7, 11) is 0. The lowest BCUT2D eigenvalue weighted by Gasteiger charge is -2.24. The Hall–Kier alpha value is -2.67. The molecule has 8 heteroatoms. The smallest absolute Gasteiger partial charge is 0.207 e. The van der Waals surface area contributed by atoms with Crippen LogP contribution in [0.25, 0.3) is 0 Å². The molecule has 1 aromatic carbocycles. The minimum atomic E-state index is 0.145. The number of aromatic nitrogens is 2. The van der Waals surface area contributed by atoms with Crippen molar-refractivity contribution in [2.75, 3.05) is 24.5 Å². The van der Waals surface area contributed by atoms with Gasteiger partial charge in [-0.3, -0.25) is 15.6 Å². The third-order valence-corrected chi connectivity index (χ3v) is 4.44. The first kappa shape index (κ1) is 19.7. The summed E-state index contributed by atoms with van der Waals surface area (Å²) in [5.41, 5.74) is 2.43. The second-order valence-corrected chi connectivity index (χ2v) is 6.30. The zero-order valence-corrected chi connectivity index (χ0v) is 15.5. The van der Waals surface area contributed by atoms with Crippen LogP contribution in [0.3, 0.4) is 0 Å². The Bertz CT molecular complexity index is 820. The van der Waals surface area contributed by atoms with E-state index in [0.29, 0.717) is 25.3 Å². The third kappa shape index (κ3) is 5.42. The second-order valence-electron chi connectivity index (χ2n) is 5.90. The zero-order valence-electron chi connectivity index (χ0n) is 14.7. The number of anilines is 1. The second kappa shape index (κ2) is 9.72. The highest BCUT2D eigenvalue weighted by Crippen LogP contribution is 2.17. The summed E-state index contributed by atoms with van der Waals surface area (Å²) in [5.74, 6) is 0.671. The Balaban J connectivity index is 2.06. The first-order chi connectivity index (χ1) is 12.5. The molecule has 138 valence electrons. The quantitative estimate of drug-likeness (QED) is 0.256. The first-order valence-corrected chi connectivity index (χ1v) is 8.75. The van der Waals surface area contributed by atoms with E-state index in [0.717, 1.165) is 36.3 Å². The Kier molecular flexibility index (Phi) is 7.35. The van der Waals surface area contributed by atoms with E-state index in [1.54, 1.807) is 12.1 Å². The van der Waals surface area contributed by atoms with Gasteiger partial charge in [0.2, 0.25) is 6.41 Å². The van der Waals surface area contributed by atoms with Crippen molar-refractivity contribution in [1.82, 2.24) is 15.1 Å². The topological polar surface area (TPSA) is 97.9 Å². The highest BCUT2D eigenvalue weighted by molar-refractivity contribution is 6.31. The maximum Gasteiger partial charge on any atom is 0.207 e. The van der Waals surface area contributed by atoms with Crippen molar-refractivity contribution < 1.29 is 4.79 Å². The van der Waals surface area contributed by atoms with Crippen molar-refractivity contribution in [1.29, 1.82) is 10.8 Å². The summed E-state index contributed by atoms with van der Waals surface area (Å²) >= 11 is 6.07. The SMILES string of the molecule is Cc1cc(CCCN(CCNC=O)c2ccc(=N)n(C=N)n2)ccc1Cl. The molecular formula is C18H23ClN6O. The number of hydrogen-bond donors (Lipinski definition) is 3. The molecule has 0 unspecified atom stereocenters. The predicted octanol–water partition coefficient (Wildman–Crippen LogP) is 1.96. The van der Waals surface area contributed by atoms with E-state index in [4.69, 9.17) is 22.4 Å². The molecule has 0 saturated carbocycles. The summed E-state index contributed by atoms with van der Waals surface area (Å²) in [4.78, 5) is 12.6. The van der Waals surface area contributed by atoms with E-state index in [1.165, 1.54) is 10.2 Å². The number of nitrogens with zero attached hydrogens (tertiary/aromatic N) is 3. The van der Waals surface area contributed by atoms with Gasteiger partial charge >= 0.3 is 0 Å². The highest BCUT2D eigenvalue weighted by Gasteiger charge is 2.09. The van der Waals surface area contributed by atoms with Crippen LogP contribution in [0.1, 0.15) is 17.5 Å². The van der Waals surface area contributed by atoms with E-state index < -0.39 is 0 Å². The number of carbonyl (C=O) groups excluding carboxylic acids is 1. The van der Waals surface area contributed by atoms with Gasteiger partial charge in [0.1, 0.15) is 17.6 Å². The van der Waals surface area contributed by atoms with Crippen molar-refractivity contribution in [3.63, 3.8) is 0 Å². The van der Waals surface area contributed by atoms with Crippen molar-refractivity contribution in [3.8, 4) is 0 Å². The molecule has 0 fully saturated rings. The molecule has 1 aromatic heterocycles. The molecule has 0 bridgehead atoms. The fourth-order valence-electron chi connectivity index (χ4n) is 2.63. The van der Waals surface area contributed by atoms with Crippen LogP contribution in [0, 0.1) is 17.7 Å². The van der Waals surface area contributed by atoms with Gasteiger partial charge in [-0.15, -0.1) is 5.10 Å². The van der Waals surface area contributed by atoms with Gasteiger partial charge in [-0.05, 0) is 49.1 Å². The molecule has 0 aliphatic heterocycles. The van der Waals surface area contributed by atoms with E-state index in [1.807, 2.05) is 24.0 Å². The lowest BCUT2D eigenvalue weighted by atomic mass is 10.1. The molecule has 0 spiro atoms. The number of benzene rings is 1. The number of rotatable bonds is 10. The normalized spacial score (nSPS) is 10.4. The summed E-state index contributed by atoms with van der Waals surface area (Å²) in [6.07, 6.45) is 3.48. The summed E-state index contributed by atoms with van der Waals surface area (Å²) in [6, 6.07) is 9.41. The van der Waals surface area contributed by atoms with Gasteiger partial charge in [0, 0.05) is 24.7 Å². The molecule has 0 saturated heterocycles. The first-order valence-electron chi connectivity index (χ1n) is 8.37. The highest BCUT2D eigenvalue weighted by atomic mass is 35.5. The monoisotopic (exact) mass is 374 g/mol. The molecule has 1 amide bonds. The van der Waals surface area contributed by atoms with E-state index in [9.17, 15) is 4.79 Å². The molecule has 26 heavy (non-hydrogen) atoms. The standard InChI is InChI=1S/C18H23ClN6O/c1-14-11-15(4-5-16(14)19)3-2-9-24(10-8-22-13-26)18-7-6-17(21)25(12-20)23-18/h4-7,11-13,20-21H,2-3,8-10H2,1H3,(H,22,26). The Morgan fingerprint density at radius 1 is 1.31 bits per heavy atom. The number of hydrogen-bond acceptors (Lipinski definition) is 5. The van der Waals surface area contributed by atoms with Gasteiger partial charge < -0.3 is 10.2 Å². The van der Waals surface area contributed by atoms with Crippen molar-refractivity contribution >= 4 is 30.2 Å². The molecule has 3 N–H and O–H groups in total. The van der Waals surface area contributed by atoms with Gasteiger partial charge in [0.05, 0.1) is 0 Å². The van der Waals surface area contributed by atoms with Crippen LogP contribution in [-0.2, 0) is 11.2 Å². The Labute approximate surface area is 157 Å². The number of aryl methyl sites for hydroxylation is 2. The summed E-state index contributed by atoms with van der Waals surface area (Å²) in [6.45, 7) is 3.83. The van der Waals surface area contributed by atoms with Crippen molar-refractivity contribution in [3.05, 3.63) is 52.0 Å². The average molecular weight is 375 g/mol. The molecular weight excluding hydrogens is 352 g/mol. The molecule has 1 heterocycles. The van der Waals surface area contributed by atoms with E-state index in [2.05, 4.69) is 16.5 Å². The summed E-state index contributed by atoms with van der Waals surface area (Å²) < 4.78 is 1.21. The van der Waals surface area contributed by atoms with Crippen molar-refractivity contribution in [2.45, 2.75) is 19.8 Å². The average Bonchev–Trinajstić information content (AvgIpc) is 2.64. The van der Waals surface area contributed by atoms with Gasteiger partial charge in [0.15, 0.2) is 0 Å². The fraction of sp³-hybridized carbons (Fsp3) is 0.333. The minimum Gasteiger partial charge on any atom is -0.357 e. The maximum absolute atomic E-state index is 10.5. The van der Waals surface area contributed by atoms with Crippen LogP contribution in [0.2, 0.25) is 5.02 Å². The molecule has 2 aromatic rings. The van der Waals surface area contributed by atoms with Crippen LogP contribution in [-0.4, -0.2) is 42.2 Å². The predicted molar refractivity (Wildman–Crippen MR) is 103 cm³/mol. The molecule has 0 radical (unpaired) electrons. The van der Waals surface area contributed by atoms with Gasteiger partial charge in [-0.25, -0.2) is 4.68 Å². The fourth-order valence-corrected chi connectivity index (χ4v) is 2.75. The lowest BCUT2D eigenvalue weighted by molar-refractivity contribution is -0.109. The maximum atomic E-state index is 10.5. The van der Waals surface area contributed by atoms with Crippen LogP contribution < -0.4 is 15.7 Å². The largest absolute Gasteiger partial charge is 0.357 e. The molecule has 0 aliphatic carbocycles. The minimum absolute atomic E-state index is 0.145. The Morgan fingerprint density at radius 2 is 2.12 bits per heavy atom. The Morgan fingerprint density at radius 3 is 2.81 bits per heavy atom. The molecule has 0 aliphatic rings. The van der Waals surface area contributed by atoms with Crippen LogP contribution in [0.15, 0.2) is 30.3 Å². The third-order valence-electron chi connectivity index (χ3n) is 4.02. The van der Waals surface area contributed by atoms with Gasteiger partial charge in [-0.1, -0.05) is 23.7 Å². The molecule has 0 atom stereocenters. The van der Waals surface area contributed by atoms with Crippen LogP contribution in [0.4, 0.5) is 5.82 Å². The lowest BCUT2D eigenvalue weighted by Crippen LogP contribution is -2.35. The zero-order chi connectivity index (χ0) is 18.9.